The molecular formula is C26H48. The highest BCUT2D eigenvalue weighted by Crippen LogP contribution is 2.85. The van der Waals surface area contributed by atoms with Crippen LogP contribution >= 0.6 is 0 Å². The highest BCUT2D eigenvalue weighted by atomic mass is 14.8. The Balaban J connectivity index is 3.27. The maximum Gasteiger partial charge on any atom is -0.000315 e. The molecule has 2 aliphatic carbocycles. The Kier molecular flexibility index (Phi) is 4.09. The van der Waals surface area contributed by atoms with Crippen LogP contribution in [0.5, 0.6) is 0 Å². The second kappa shape index (κ2) is 4.83. The molecule has 0 N–H and O–H groups in total. The van der Waals surface area contributed by atoms with Crippen molar-refractivity contribution in [1.29, 1.82) is 0 Å². The Morgan fingerprint density at radius 2 is 0.731 bits per heavy atom. The van der Waals surface area contributed by atoms with E-state index in [4.69, 9.17) is 0 Å². The molecule has 0 nitrogen and oxygen atoms in total. The van der Waals surface area contributed by atoms with Crippen LogP contribution in [0.3, 0.4) is 0 Å². The van der Waals surface area contributed by atoms with E-state index < -0.39 is 0 Å². The summed E-state index contributed by atoms with van der Waals surface area (Å²) in [7, 11) is 0. The molecule has 0 spiro atoms. The number of hydrogen-bond donors (Lipinski definition) is 0. The van der Waals surface area contributed by atoms with Crippen molar-refractivity contribution < 1.29 is 0 Å². The zero-order chi connectivity index (χ0) is 21.2. The summed E-state index contributed by atoms with van der Waals surface area (Å²) < 4.78 is 0. The normalized spacial score (nSPS) is 41.5. The lowest BCUT2D eigenvalue weighted by atomic mass is 9.31. The molecule has 0 radical (unpaired) electrons. The summed E-state index contributed by atoms with van der Waals surface area (Å²) in [5.74, 6) is 0. The van der Waals surface area contributed by atoms with Crippen LogP contribution in [0.2, 0.25) is 0 Å². The molecule has 26 heavy (non-hydrogen) atoms. The minimum absolute atomic E-state index is 0.128. The molecule has 1 saturated carbocycles. The number of hydrogen-bond acceptors (Lipinski definition) is 0. The van der Waals surface area contributed by atoms with E-state index in [1.165, 1.54) is 0 Å². The Bertz CT molecular complexity index is 662. The van der Waals surface area contributed by atoms with Crippen molar-refractivity contribution >= 4 is 0 Å². The fraction of sp³-hybridized carbons (Fsp3) is 0.923. The van der Waals surface area contributed by atoms with Crippen molar-refractivity contribution in [2.24, 2.45) is 43.3 Å². The first kappa shape index (κ1) is 22.0. The Morgan fingerprint density at radius 1 is 0.385 bits per heavy atom. The van der Waals surface area contributed by atoms with Gasteiger partial charge >= 0.3 is 0 Å². The number of fused-ring (bicyclic) bond motifs is 2. The molecule has 2 unspecified atom stereocenters. The fourth-order valence-electron chi connectivity index (χ4n) is 8.59. The molecule has 2 atom stereocenters. The van der Waals surface area contributed by atoms with Gasteiger partial charge in [-0.2, -0.15) is 0 Å². The molecule has 0 aliphatic heterocycles. The van der Waals surface area contributed by atoms with Gasteiger partial charge in [0.2, 0.25) is 0 Å². The third kappa shape index (κ3) is 1.59. The zero-order valence-corrected chi connectivity index (χ0v) is 21.0. The lowest BCUT2D eigenvalue weighted by Crippen LogP contribution is -2.66. The Hall–Kier alpha value is -0.260. The van der Waals surface area contributed by atoms with Gasteiger partial charge in [0.1, 0.15) is 0 Å². The predicted molar refractivity (Wildman–Crippen MR) is 117 cm³/mol. The lowest BCUT2D eigenvalue weighted by molar-refractivity contribution is -0.199. The van der Waals surface area contributed by atoms with Crippen molar-refractivity contribution in [3.8, 4) is 0 Å². The third-order valence-electron chi connectivity index (χ3n) is 13.2. The van der Waals surface area contributed by atoms with E-state index in [0.717, 1.165) is 0 Å². The zero-order valence-electron chi connectivity index (χ0n) is 21.0. The van der Waals surface area contributed by atoms with E-state index in [9.17, 15) is 0 Å². The summed E-state index contributed by atoms with van der Waals surface area (Å²) in [6, 6.07) is 0. The summed E-state index contributed by atoms with van der Waals surface area (Å²) in [6.07, 6.45) is 0. The second-order valence-electron chi connectivity index (χ2n) is 13.2. The molecule has 152 valence electrons. The van der Waals surface area contributed by atoms with Crippen molar-refractivity contribution in [2.75, 3.05) is 0 Å². The van der Waals surface area contributed by atoms with Crippen LogP contribution in [0.1, 0.15) is 111 Å². The Labute approximate surface area is 165 Å². The van der Waals surface area contributed by atoms with Crippen molar-refractivity contribution in [3.63, 3.8) is 0 Å². The lowest BCUT2D eigenvalue weighted by Gasteiger charge is -2.72. The van der Waals surface area contributed by atoms with Gasteiger partial charge in [0, 0.05) is 0 Å². The number of rotatable bonds is 0. The SMILES string of the molecule is CC1=C(C)C2(C)C(C)(C)C(C)(C)C(C)(C)C(C)(C)C(C)(C1(C)C)C2(C)C. The van der Waals surface area contributed by atoms with Gasteiger partial charge in [-0.25, -0.2) is 0 Å². The maximum atomic E-state index is 2.63. The van der Waals surface area contributed by atoms with Crippen LogP contribution < -0.4 is 0 Å². The molecular weight excluding hydrogens is 312 g/mol. The van der Waals surface area contributed by atoms with Crippen molar-refractivity contribution in [2.45, 2.75) is 111 Å². The summed E-state index contributed by atoms with van der Waals surface area (Å²) in [6.45, 7) is 40.8. The first-order valence-corrected chi connectivity index (χ1v) is 10.8. The molecule has 0 aromatic carbocycles. The molecule has 0 saturated heterocycles. The van der Waals surface area contributed by atoms with E-state index in [-0.39, 0.29) is 43.3 Å². The largest absolute Gasteiger partial charge is 0.0676 e. The van der Waals surface area contributed by atoms with E-state index in [0.29, 0.717) is 0 Å². The van der Waals surface area contributed by atoms with Crippen LogP contribution in [-0.4, -0.2) is 0 Å². The average molecular weight is 361 g/mol. The summed E-state index contributed by atoms with van der Waals surface area (Å²) in [5.41, 5.74) is 4.51. The standard InChI is InChI=1S/C26H48/c1-17-18(2)25(15)22(9,10)20(5,6)21(7,8)23(11,12)26(16,19(17,3)4)24(25,13)14/h1-16H3. The minimum atomic E-state index is 0.128. The van der Waals surface area contributed by atoms with Crippen LogP contribution in [0, 0.1) is 43.3 Å². The predicted octanol–water partition coefficient (Wildman–Crippen LogP) is 8.52. The molecule has 2 bridgehead atoms. The van der Waals surface area contributed by atoms with Gasteiger partial charge in [-0.15, -0.1) is 0 Å². The van der Waals surface area contributed by atoms with Gasteiger partial charge in [0.15, 0.2) is 0 Å². The van der Waals surface area contributed by atoms with Gasteiger partial charge in [-0.1, -0.05) is 108 Å². The van der Waals surface area contributed by atoms with Crippen LogP contribution in [0.15, 0.2) is 11.1 Å². The smallest absolute Gasteiger partial charge is 0.000315 e. The number of allylic oxidation sites excluding steroid dienone is 2. The molecule has 2 aliphatic rings. The van der Waals surface area contributed by atoms with Gasteiger partial charge < -0.3 is 0 Å². The molecule has 0 amide bonds. The maximum absolute atomic E-state index is 2.63. The monoisotopic (exact) mass is 360 g/mol. The van der Waals surface area contributed by atoms with Crippen molar-refractivity contribution in [3.05, 3.63) is 11.1 Å². The second-order valence-corrected chi connectivity index (χ2v) is 13.2. The van der Waals surface area contributed by atoms with E-state index in [1.54, 1.807) is 11.1 Å². The molecule has 0 heteroatoms. The minimum Gasteiger partial charge on any atom is -0.0676 e. The Morgan fingerprint density at radius 3 is 1.12 bits per heavy atom. The third-order valence-corrected chi connectivity index (χ3v) is 13.2. The van der Waals surface area contributed by atoms with Crippen LogP contribution in [0.4, 0.5) is 0 Å². The molecule has 0 heterocycles. The molecule has 2 rings (SSSR count). The van der Waals surface area contributed by atoms with E-state index in [2.05, 4.69) is 111 Å². The molecule has 1 fully saturated rings. The molecule has 0 aromatic rings. The average Bonchev–Trinajstić information content (AvgIpc) is 2.48. The topological polar surface area (TPSA) is 0 Å². The van der Waals surface area contributed by atoms with E-state index in [1.807, 2.05) is 0 Å². The van der Waals surface area contributed by atoms with Gasteiger partial charge in [0.05, 0.1) is 0 Å². The summed E-state index contributed by atoms with van der Waals surface area (Å²) in [4.78, 5) is 0. The van der Waals surface area contributed by atoms with Gasteiger partial charge in [-0.05, 0) is 57.2 Å². The fourth-order valence-corrected chi connectivity index (χ4v) is 8.59. The van der Waals surface area contributed by atoms with Gasteiger partial charge in [0.25, 0.3) is 0 Å². The van der Waals surface area contributed by atoms with Crippen LogP contribution in [0.25, 0.3) is 0 Å². The highest BCUT2D eigenvalue weighted by Gasteiger charge is 2.79. The summed E-state index contributed by atoms with van der Waals surface area (Å²) in [5, 5.41) is 0. The van der Waals surface area contributed by atoms with E-state index >= 15 is 0 Å². The highest BCUT2D eigenvalue weighted by molar-refractivity contribution is 5.41. The van der Waals surface area contributed by atoms with Crippen molar-refractivity contribution in [1.82, 2.24) is 0 Å². The summed E-state index contributed by atoms with van der Waals surface area (Å²) >= 11 is 0. The van der Waals surface area contributed by atoms with Gasteiger partial charge in [-0.3, -0.25) is 0 Å². The first-order chi connectivity index (χ1) is 11.1. The first-order valence-electron chi connectivity index (χ1n) is 10.8. The van der Waals surface area contributed by atoms with Crippen LogP contribution in [-0.2, 0) is 0 Å². The quantitative estimate of drug-likeness (QED) is 0.380. The molecule has 0 aromatic heterocycles.